The molecular formula is C23H30N6OS2. The van der Waals surface area contributed by atoms with E-state index in [4.69, 9.17) is 21.5 Å². The first kappa shape index (κ1) is 24.1. The van der Waals surface area contributed by atoms with E-state index in [-0.39, 0.29) is 6.73 Å². The Labute approximate surface area is 197 Å². The minimum atomic E-state index is 0.138. The predicted molar refractivity (Wildman–Crippen MR) is 135 cm³/mol. The second kappa shape index (κ2) is 11.9. The number of nitrogens with two attached hydrogens (primary N) is 2. The van der Waals surface area contributed by atoms with Crippen molar-refractivity contribution in [3.05, 3.63) is 42.0 Å². The van der Waals surface area contributed by atoms with E-state index < -0.39 is 0 Å². The van der Waals surface area contributed by atoms with Gasteiger partial charge in [-0.05, 0) is 75.3 Å². The van der Waals surface area contributed by atoms with Crippen LogP contribution in [0.5, 0.6) is 5.75 Å². The molecule has 0 atom stereocenters. The highest BCUT2D eigenvalue weighted by Gasteiger charge is 2.14. The normalized spacial score (nSPS) is 14.0. The van der Waals surface area contributed by atoms with Gasteiger partial charge in [-0.15, -0.1) is 0 Å². The van der Waals surface area contributed by atoms with Gasteiger partial charge in [-0.25, -0.2) is 4.98 Å². The second-order valence-electron chi connectivity index (χ2n) is 7.79. The molecule has 0 bridgehead atoms. The smallest absolute Gasteiger partial charge is 0.194 e. The van der Waals surface area contributed by atoms with Gasteiger partial charge in [0.2, 0.25) is 0 Å². The van der Waals surface area contributed by atoms with Gasteiger partial charge in [-0.3, -0.25) is 5.73 Å². The molecule has 170 valence electrons. The lowest BCUT2D eigenvalue weighted by atomic mass is 9.95. The number of hydrogen-bond donors (Lipinski definition) is 3. The van der Waals surface area contributed by atoms with Crippen molar-refractivity contribution in [1.29, 1.82) is 5.26 Å². The van der Waals surface area contributed by atoms with Crippen LogP contribution in [0.2, 0.25) is 0 Å². The number of fused-ring (bicyclic) bond motifs is 1. The number of benzene rings is 2. The van der Waals surface area contributed by atoms with E-state index in [0.29, 0.717) is 17.0 Å². The van der Waals surface area contributed by atoms with E-state index in [1.807, 2.05) is 24.3 Å². The van der Waals surface area contributed by atoms with Gasteiger partial charge < -0.3 is 20.1 Å². The Balaban J connectivity index is 0.000000269. The zero-order valence-electron chi connectivity index (χ0n) is 18.5. The number of aromatic nitrogens is 1. The zero-order valence-corrected chi connectivity index (χ0v) is 20.1. The van der Waals surface area contributed by atoms with Gasteiger partial charge in [-0.1, -0.05) is 30.6 Å². The lowest BCUT2D eigenvalue weighted by Crippen LogP contribution is -2.29. The molecular weight excluding hydrogens is 440 g/mol. The maximum absolute atomic E-state index is 9.15. The highest BCUT2D eigenvalue weighted by Crippen LogP contribution is 2.33. The van der Waals surface area contributed by atoms with Crippen molar-refractivity contribution < 1.29 is 4.74 Å². The van der Waals surface area contributed by atoms with Crippen LogP contribution in [0.3, 0.4) is 0 Å². The molecule has 5 N–H and O–H groups in total. The summed E-state index contributed by atoms with van der Waals surface area (Å²) in [5, 5.41) is 9.90. The van der Waals surface area contributed by atoms with E-state index in [2.05, 4.69) is 34.8 Å². The molecule has 1 aromatic heterocycles. The van der Waals surface area contributed by atoms with E-state index >= 15 is 0 Å². The van der Waals surface area contributed by atoms with Crippen molar-refractivity contribution in [1.82, 2.24) is 9.88 Å². The third-order valence-electron chi connectivity index (χ3n) is 5.29. The van der Waals surface area contributed by atoms with Crippen molar-refractivity contribution in [2.45, 2.75) is 43.0 Å². The average Bonchev–Trinajstić information content (AvgIpc) is 3.21. The maximum Gasteiger partial charge on any atom is 0.194 e. The fraction of sp³-hybridized carbons (Fsp3) is 0.391. The van der Waals surface area contributed by atoms with Crippen LogP contribution in [0.25, 0.3) is 10.2 Å². The van der Waals surface area contributed by atoms with Crippen molar-refractivity contribution in [2.75, 3.05) is 31.3 Å². The first-order valence-corrected chi connectivity index (χ1v) is 12.3. The Kier molecular flexibility index (Phi) is 9.00. The van der Waals surface area contributed by atoms with Crippen molar-refractivity contribution in [2.24, 2.45) is 5.73 Å². The van der Waals surface area contributed by atoms with Crippen LogP contribution in [0.4, 0.5) is 10.8 Å². The molecule has 2 aromatic carbocycles. The summed E-state index contributed by atoms with van der Waals surface area (Å²) in [4.78, 5) is 7.65. The summed E-state index contributed by atoms with van der Waals surface area (Å²) in [6, 6.07) is 13.9. The van der Waals surface area contributed by atoms with E-state index in [9.17, 15) is 0 Å². The Morgan fingerprint density at radius 3 is 2.66 bits per heavy atom. The molecule has 7 nitrogen and oxygen atoms in total. The number of rotatable bonds is 6. The fourth-order valence-corrected chi connectivity index (χ4v) is 5.19. The Morgan fingerprint density at radius 2 is 2.00 bits per heavy atom. The molecule has 0 amide bonds. The van der Waals surface area contributed by atoms with E-state index in [1.165, 1.54) is 55.4 Å². The van der Waals surface area contributed by atoms with Crippen LogP contribution < -0.4 is 20.9 Å². The van der Waals surface area contributed by atoms with Crippen LogP contribution in [0, 0.1) is 11.3 Å². The fourth-order valence-electron chi connectivity index (χ4n) is 3.55. The highest BCUT2D eigenvalue weighted by molar-refractivity contribution is 8.00. The molecule has 32 heavy (non-hydrogen) atoms. The topological polar surface area (TPSA) is 113 Å². The Bertz CT molecular complexity index is 1060. The first-order chi connectivity index (χ1) is 15.5. The highest BCUT2D eigenvalue weighted by atomic mass is 32.2. The Morgan fingerprint density at radius 1 is 1.22 bits per heavy atom. The number of nitrogens with zero attached hydrogens (tertiary/aromatic N) is 3. The van der Waals surface area contributed by atoms with Crippen LogP contribution >= 0.6 is 23.3 Å². The number of nitrogen functional groups attached to an aromatic ring is 1. The van der Waals surface area contributed by atoms with Gasteiger partial charge in [0.25, 0.3) is 0 Å². The predicted octanol–water partition coefficient (Wildman–Crippen LogP) is 5.05. The van der Waals surface area contributed by atoms with E-state index in [1.54, 1.807) is 12.1 Å². The quantitative estimate of drug-likeness (QED) is 0.261. The Hall–Kier alpha value is -2.51. The third-order valence-corrected chi connectivity index (χ3v) is 7.22. The van der Waals surface area contributed by atoms with Gasteiger partial charge in [0, 0.05) is 16.6 Å². The third kappa shape index (κ3) is 6.74. The summed E-state index contributed by atoms with van der Waals surface area (Å²) in [6.45, 7) is 0.138. The molecule has 1 fully saturated rings. The van der Waals surface area contributed by atoms with Crippen molar-refractivity contribution in [3.8, 4) is 11.8 Å². The standard InChI is InChI=1S/C15H13N5OS2.C8H17N/c16-7-9-5-10(18)1-4-13(9)23-20-15-19-12-3-2-11(21-8-17)6-14(12)22-15;1-9(2)8-6-4-3-5-7-8/h1-6H,8,17-18H2,(H,19,20);8H,3-7H2,1-2H3. The maximum atomic E-state index is 9.15. The summed E-state index contributed by atoms with van der Waals surface area (Å²) in [7, 11) is 4.38. The molecule has 1 aliphatic carbocycles. The van der Waals surface area contributed by atoms with Gasteiger partial charge in [0.1, 0.15) is 18.5 Å². The molecule has 3 aromatic rings. The largest absolute Gasteiger partial charge is 0.479 e. The minimum Gasteiger partial charge on any atom is -0.479 e. The van der Waals surface area contributed by atoms with Crippen LogP contribution in [-0.4, -0.2) is 36.8 Å². The molecule has 0 saturated heterocycles. The summed E-state index contributed by atoms with van der Waals surface area (Å²) in [5.74, 6) is 0.716. The van der Waals surface area contributed by atoms with Gasteiger partial charge in [0.15, 0.2) is 5.13 Å². The summed E-state index contributed by atoms with van der Waals surface area (Å²) in [5.41, 5.74) is 13.0. The van der Waals surface area contributed by atoms with Crippen LogP contribution in [0.15, 0.2) is 41.3 Å². The molecule has 1 heterocycles. The molecule has 0 unspecified atom stereocenters. The first-order valence-electron chi connectivity index (χ1n) is 10.6. The lowest BCUT2D eigenvalue weighted by molar-refractivity contribution is 0.229. The molecule has 0 radical (unpaired) electrons. The summed E-state index contributed by atoms with van der Waals surface area (Å²) in [6.07, 6.45) is 7.20. The van der Waals surface area contributed by atoms with Crippen LogP contribution in [-0.2, 0) is 0 Å². The summed E-state index contributed by atoms with van der Waals surface area (Å²) < 4.78 is 9.44. The summed E-state index contributed by atoms with van der Waals surface area (Å²) >= 11 is 2.83. The molecule has 0 aliphatic heterocycles. The minimum absolute atomic E-state index is 0.138. The van der Waals surface area contributed by atoms with E-state index in [0.717, 1.165) is 26.3 Å². The number of hydrogen-bond acceptors (Lipinski definition) is 9. The monoisotopic (exact) mass is 470 g/mol. The number of ether oxygens (including phenoxy) is 1. The number of nitrogens with one attached hydrogen (secondary N) is 1. The lowest BCUT2D eigenvalue weighted by Gasteiger charge is -2.27. The number of nitriles is 1. The van der Waals surface area contributed by atoms with Crippen molar-refractivity contribution in [3.63, 3.8) is 0 Å². The van der Waals surface area contributed by atoms with Gasteiger partial charge >= 0.3 is 0 Å². The SMILES string of the molecule is CN(C)C1CCCCC1.N#Cc1cc(N)ccc1SNc1nc2ccc(OCN)cc2s1. The number of anilines is 2. The van der Waals surface area contributed by atoms with Gasteiger partial charge in [0.05, 0.1) is 15.8 Å². The zero-order chi connectivity index (χ0) is 22.9. The second-order valence-corrected chi connectivity index (χ2v) is 9.67. The molecule has 0 spiro atoms. The molecule has 1 saturated carbocycles. The van der Waals surface area contributed by atoms with Gasteiger partial charge in [-0.2, -0.15) is 5.26 Å². The van der Waals surface area contributed by atoms with Crippen molar-refractivity contribution >= 4 is 44.3 Å². The molecule has 9 heteroatoms. The molecule has 4 rings (SSSR count). The van der Waals surface area contributed by atoms with Crippen LogP contribution in [0.1, 0.15) is 37.7 Å². The average molecular weight is 471 g/mol. The number of thiazole rings is 1. The molecule has 1 aliphatic rings.